The summed E-state index contributed by atoms with van der Waals surface area (Å²) in [6, 6.07) is 25.4. The van der Waals surface area contributed by atoms with Gasteiger partial charge in [-0.05, 0) is 41.0 Å². The highest BCUT2D eigenvalue weighted by atomic mass is 35.5. The lowest BCUT2D eigenvalue weighted by molar-refractivity contribution is 0.306. The highest BCUT2D eigenvalue weighted by Crippen LogP contribution is 2.25. The first-order chi connectivity index (χ1) is 11.2. The summed E-state index contributed by atoms with van der Waals surface area (Å²) in [5.74, 6) is 0.809. The van der Waals surface area contributed by atoms with Gasteiger partial charge in [0, 0.05) is 5.02 Å². The quantitative estimate of drug-likeness (QED) is 0.719. The molecule has 0 fully saturated rings. The second-order valence-electron chi connectivity index (χ2n) is 5.38. The molecule has 0 spiro atoms. The fourth-order valence-electron chi connectivity index (χ4n) is 2.43. The van der Waals surface area contributed by atoms with E-state index in [1.54, 1.807) is 0 Å². The van der Waals surface area contributed by atoms with Crippen LogP contribution in [0.4, 0.5) is 0 Å². The number of halogens is 1. The largest absolute Gasteiger partial charge is 0.489 e. The van der Waals surface area contributed by atoms with Crippen molar-refractivity contribution in [3.05, 3.63) is 101 Å². The van der Waals surface area contributed by atoms with Crippen LogP contribution < -0.4 is 10.5 Å². The van der Waals surface area contributed by atoms with Gasteiger partial charge in [0.25, 0.3) is 0 Å². The van der Waals surface area contributed by atoms with Crippen LogP contribution >= 0.6 is 11.6 Å². The average molecular weight is 324 g/mol. The van der Waals surface area contributed by atoms with Crippen LogP contribution in [0.25, 0.3) is 0 Å². The highest BCUT2D eigenvalue weighted by molar-refractivity contribution is 6.30. The van der Waals surface area contributed by atoms with E-state index in [1.807, 2.05) is 78.9 Å². The van der Waals surface area contributed by atoms with Gasteiger partial charge in [0.05, 0.1) is 6.04 Å². The van der Waals surface area contributed by atoms with Gasteiger partial charge in [-0.15, -0.1) is 0 Å². The summed E-state index contributed by atoms with van der Waals surface area (Å²) in [7, 11) is 0. The van der Waals surface area contributed by atoms with Crippen molar-refractivity contribution >= 4 is 11.6 Å². The predicted molar refractivity (Wildman–Crippen MR) is 94.7 cm³/mol. The van der Waals surface area contributed by atoms with E-state index in [9.17, 15) is 0 Å². The average Bonchev–Trinajstić information content (AvgIpc) is 2.60. The van der Waals surface area contributed by atoms with Gasteiger partial charge in [0.15, 0.2) is 0 Å². The van der Waals surface area contributed by atoms with Gasteiger partial charge in [-0.25, -0.2) is 0 Å². The van der Waals surface area contributed by atoms with Crippen LogP contribution in [0.15, 0.2) is 78.9 Å². The van der Waals surface area contributed by atoms with Crippen LogP contribution in [0.3, 0.4) is 0 Å². The van der Waals surface area contributed by atoms with Crippen LogP contribution in [-0.4, -0.2) is 0 Å². The van der Waals surface area contributed by atoms with E-state index in [0.717, 1.165) is 22.4 Å². The van der Waals surface area contributed by atoms with Gasteiger partial charge >= 0.3 is 0 Å². The van der Waals surface area contributed by atoms with Crippen LogP contribution in [0.2, 0.25) is 5.02 Å². The molecule has 2 nitrogen and oxygen atoms in total. The van der Waals surface area contributed by atoms with Crippen molar-refractivity contribution in [1.29, 1.82) is 0 Å². The van der Waals surface area contributed by atoms with E-state index in [1.165, 1.54) is 0 Å². The molecule has 3 rings (SSSR count). The Morgan fingerprint density at radius 3 is 2.26 bits per heavy atom. The van der Waals surface area contributed by atoms with Gasteiger partial charge in [0.1, 0.15) is 12.4 Å². The number of hydrogen-bond acceptors (Lipinski definition) is 2. The summed E-state index contributed by atoms with van der Waals surface area (Å²) in [5, 5.41) is 0.689. The number of nitrogens with two attached hydrogens (primary N) is 1. The van der Waals surface area contributed by atoms with Crippen molar-refractivity contribution in [3.63, 3.8) is 0 Å². The van der Waals surface area contributed by atoms with E-state index >= 15 is 0 Å². The van der Waals surface area contributed by atoms with Gasteiger partial charge < -0.3 is 10.5 Å². The van der Waals surface area contributed by atoms with E-state index in [0.29, 0.717) is 11.6 Å². The van der Waals surface area contributed by atoms with Crippen molar-refractivity contribution in [2.75, 3.05) is 0 Å². The minimum atomic E-state index is -0.228. The van der Waals surface area contributed by atoms with Crippen molar-refractivity contribution in [2.24, 2.45) is 5.73 Å². The van der Waals surface area contributed by atoms with E-state index < -0.39 is 0 Å². The Bertz CT molecular complexity index is 773. The zero-order valence-corrected chi connectivity index (χ0v) is 13.4. The summed E-state index contributed by atoms with van der Waals surface area (Å²) in [5.41, 5.74) is 9.47. The molecule has 3 heteroatoms. The van der Waals surface area contributed by atoms with Crippen LogP contribution in [0.1, 0.15) is 22.7 Å². The standard InChI is InChI=1S/C20H18ClNO/c21-18-10-4-8-16(12-18)20(22)17-9-5-11-19(13-17)23-14-15-6-2-1-3-7-15/h1-13,20H,14,22H2. The molecule has 3 aromatic carbocycles. The lowest BCUT2D eigenvalue weighted by atomic mass is 9.99. The molecule has 116 valence electrons. The molecule has 0 amide bonds. The molecular weight excluding hydrogens is 306 g/mol. The molecule has 0 saturated heterocycles. The van der Waals surface area contributed by atoms with Crippen LogP contribution in [0, 0.1) is 0 Å². The van der Waals surface area contributed by atoms with Crippen molar-refractivity contribution in [1.82, 2.24) is 0 Å². The molecule has 0 saturated carbocycles. The summed E-state index contributed by atoms with van der Waals surface area (Å²) < 4.78 is 5.86. The molecule has 1 atom stereocenters. The second kappa shape index (κ2) is 7.32. The maximum absolute atomic E-state index is 6.35. The molecule has 3 aromatic rings. The third kappa shape index (κ3) is 4.13. The molecule has 0 aliphatic carbocycles. The molecule has 0 aliphatic rings. The van der Waals surface area contributed by atoms with Gasteiger partial charge in [-0.1, -0.05) is 66.2 Å². The molecule has 0 aromatic heterocycles. The lowest BCUT2D eigenvalue weighted by Crippen LogP contribution is -2.11. The Kier molecular flexibility index (Phi) is 4.96. The minimum Gasteiger partial charge on any atom is -0.489 e. The Morgan fingerprint density at radius 2 is 1.52 bits per heavy atom. The van der Waals surface area contributed by atoms with E-state index in [-0.39, 0.29) is 6.04 Å². The first kappa shape index (κ1) is 15.6. The molecule has 23 heavy (non-hydrogen) atoms. The second-order valence-corrected chi connectivity index (χ2v) is 5.82. The summed E-state index contributed by atoms with van der Waals surface area (Å²) >= 11 is 6.04. The van der Waals surface area contributed by atoms with Crippen LogP contribution in [0.5, 0.6) is 5.75 Å². The third-order valence-corrected chi connectivity index (χ3v) is 3.91. The van der Waals surface area contributed by atoms with Gasteiger partial charge in [-0.2, -0.15) is 0 Å². The normalized spacial score (nSPS) is 11.9. The van der Waals surface area contributed by atoms with E-state index in [4.69, 9.17) is 22.1 Å². The zero-order chi connectivity index (χ0) is 16.1. The number of ether oxygens (including phenoxy) is 1. The lowest BCUT2D eigenvalue weighted by Gasteiger charge is -2.14. The van der Waals surface area contributed by atoms with Crippen molar-refractivity contribution < 1.29 is 4.74 Å². The number of rotatable bonds is 5. The SMILES string of the molecule is NC(c1cccc(Cl)c1)c1cccc(OCc2ccccc2)c1. The molecule has 0 heterocycles. The Labute approximate surface area is 141 Å². The topological polar surface area (TPSA) is 35.2 Å². The molecule has 0 bridgehead atoms. The van der Waals surface area contributed by atoms with E-state index in [2.05, 4.69) is 0 Å². The zero-order valence-electron chi connectivity index (χ0n) is 12.7. The fraction of sp³-hybridized carbons (Fsp3) is 0.100. The fourth-order valence-corrected chi connectivity index (χ4v) is 2.63. The molecular formula is C20H18ClNO. The first-order valence-electron chi connectivity index (χ1n) is 7.50. The van der Waals surface area contributed by atoms with Gasteiger partial charge in [0.2, 0.25) is 0 Å². The molecule has 0 radical (unpaired) electrons. The predicted octanol–water partition coefficient (Wildman–Crippen LogP) is 4.97. The van der Waals surface area contributed by atoms with Crippen molar-refractivity contribution in [2.45, 2.75) is 12.6 Å². The summed E-state index contributed by atoms with van der Waals surface area (Å²) in [4.78, 5) is 0. The monoisotopic (exact) mass is 323 g/mol. The smallest absolute Gasteiger partial charge is 0.120 e. The van der Waals surface area contributed by atoms with Crippen molar-refractivity contribution in [3.8, 4) is 5.75 Å². The van der Waals surface area contributed by atoms with Crippen LogP contribution in [-0.2, 0) is 6.61 Å². The Morgan fingerprint density at radius 1 is 0.826 bits per heavy atom. The molecule has 2 N–H and O–H groups in total. The Hall–Kier alpha value is -2.29. The number of benzene rings is 3. The third-order valence-electron chi connectivity index (χ3n) is 3.67. The maximum atomic E-state index is 6.35. The molecule has 1 unspecified atom stereocenters. The van der Waals surface area contributed by atoms with Gasteiger partial charge in [-0.3, -0.25) is 0 Å². The highest BCUT2D eigenvalue weighted by Gasteiger charge is 2.10. The first-order valence-corrected chi connectivity index (χ1v) is 7.88. The number of hydrogen-bond donors (Lipinski definition) is 1. The minimum absolute atomic E-state index is 0.228. The summed E-state index contributed by atoms with van der Waals surface area (Å²) in [6.07, 6.45) is 0. The Balaban J connectivity index is 1.74. The summed E-state index contributed by atoms with van der Waals surface area (Å²) in [6.45, 7) is 0.538. The maximum Gasteiger partial charge on any atom is 0.120 e. The molecule has 0 aliphatic heterocycles.